The fourth-order valence-corrected chi connectivity index (χ4v) is 4.59. The molecule has 1 atom stereocenters. The molecule has 1 unspecified atom stereocenters. The maximum Gasteiger partial charge on any atom is 0.324 e. The van der Waals surface area contributed by atoms with Crippen LogP contribution in [-0.4, -0.2) is 53.0 Å². The second kappa shape index (κ2) is 13.7. The van der Waals surface area contributed by atoms with Crippen molar-refractivity contribution in [2.24, 2.45) is 11.7 Å². The number of fused-ring (bicyclic) bond motifs is 1. The van der Waals surface area contributed by atoms with Gasteiger partial charge in [0.1, 0.15) is 11.7 Å². The van der Waals surface area contributed by atoms with Crippen LogP contribution in [0.2, 0.25) is 0 Å². The largest absolute Gasteiger partial charge is 0.443 e. The first-order valence-electron chi connectivity index (χ1n) is 13.8. The number of carbonyl (C=O) groups is 2. The van der Waals surface area contributed by atoms with Gasteiger partial charge >= 0.3 is 5.97 Å². The van der Waals surface area contributed by atoms with Crippen LogP contribution < -0.4 is 11.1 Å². The van der Waals surface area contributed by atoms with E-state index >= 15 is 0 Å². The van der Waals surface area contributed by atoms with Gasteiger partial charge < -0.3 is 20.7 Å². The normalized spacial score (nSPS) is 12.1. The summed E-state index contributed by atoms with van der Waals surface area (Å²) in [5.74, 6) is -0.405. The topological polar surface area (TPSA) is 126 Å². The van der Waals surface area contributed by atoms with Gasteiger partial charge in [0.25, 0.3) is 0 Å². The number of benzene rings is 2. The van der Waals surface area contributed by atoms with Crippen LogP contribution in [0, 0.1) is 17.2 Å². The molecule has 0 radical (unpaired) electrons. The third kappa shape index (κ3) is 7.69. The van der Waals surface area contributed by atoms with Gasteiger partial charge in [-0.1, -0.05) is 44.2 Å². The first-order valence-corrected chi connectivity index (χ1v) is 13.8. The van der Waals surface area contributed by atoms with Gasteiger partial charge in [0.15, 0.2) is 6.73 Å². The van der Waals surface area contributed by atoms with Crippen molar-refractivity contribution in [2.45, 2.75) is 33.0 Å². The average molecular weight is 565 g/mol. The molecule has 2 aromatic heterocycles. The summed E-state index contributed by atoms with van der Waals surface area (Å²) < 4.78 is 7.33. The number of hydrogen-bond donors (Lipinski definition) is 2. The van der Waals surface area contributed by atoms with E-state index in [1.165, 1.54) is 6.08 Å². The fourth-order valence-electron chi connectivity index (χ4n) is 4.59. The van der Waals surface area contributed by atoms with Crippen molar-refractivity contribution in [1.29, 1.82) is 5.26 Å². The number of aromatic nitrogens is 2. The summed E-state index contributed by atoms with van der Waals surface area (Å²) in [4.78, 5) is 31.6. The first kappa shape index (κ1) is 30.2. The molecule has 1 amide bonds. The van der Waals surface area contributed by atoms with E-state index in [2.05, 4.69) is 11.4 Å². The zero-order valence-electron chi connectivity index (χ0n) is 24.4. The molecule has 42 heavy (non-hydrogen) atoms. The Labute approximate surface area is 246 Å². The van der Waals surface area contributed by atoms with E-state index in [0.717, 1.165) is 27.6 Å². The third-order valence-electron chi connectivity index (χ3n) is 6.59. The number of nitrogens with two attached hydrogens (primary N) is 1. The second-order valence-corrected chi connectivity index (χ2v) is 10.9. The molecule has 2 heterocycles. The molecule has 0 aliphatic carbocycles. The lowest BCUT2D eigenvalue weighted by Gasteiger charge is -2.14. The lowest BCUT2D eigenvalue weighted by Crippen LogP contribution is -2.33. The lowest BCUT2D eigenvalue weighted by atomic mass is 10.0. The van der Waals surface area contributed by atoms with Gasteiger partial charge in [0.05, 0.1) is 11.6 Å². The number of ether oxygens (including phenoxy) is 1. The standard InChI is InChI=1S/C33H36N6O3/c1-22(2)14-30(35)33(41)42-21-39-20-29(25-10-5-8-23(15-25)18-34)28-17-26(19-36-32(28)39)24-9-6-11-27(16-24)37-31(40)12-7-13-38(3)4/h5-12,15-17,19-20,22,30H,13-14,21,35H2,1-4H3,(H,37,40)/b12-7+. The van der Waals surface area contributed by atoms with E-state index < -0.39 is 12.0 Å². The molecule has 0 spiro atoms. The average Bonchev–Trinajstić information content (AvgIpc) is 3.33. The van der Waals surface area contributed by atoms with Crippen LogP contribution in [0.1, 0.15) is 25.8 Å². The minimum Gasteiger partial charge on any atom is -0.443 e. The van der Waals surface area contributed by atoms with Gasteiger partial charge in [-0.3, -0.25) is 14.2 Å². The number of likely N-dealkylation sites (N-methyl/N-ethyl adjacent to an activating group) is 1. The summed E-state index contributed by atoms with van der Waals surface area (Å²) in [6, 6.07) is 18.4. The van der Waals surface area contributed by atoms with Crippen molar-refractivity contribution in [3.05, 3.63) is 84.7 Å². The van der Waals surface area contributed by atoms with Crippen LogP contribution in [0.4, 0.5) is 5.69 Å². The van der Waals surface area contributed by atoms with E-state index in [1.54, 1.807) is 22.9 Å². The van der Waals surface area contributed by atoms with Crippen molar-refractivity contribution >= 4 is 28.6 Å². The minimum absolute atomic E-state index is 0.0473. The Morgan fingerprint density at radius 1 is 1.12 bits per heavy atom. The summed E-state index contributed by atoms with van der Waals surface area (Å²) in [6.07, 6.45) is 7.48. The van der Waals surface area contributed by atoms with Crippen molar-refractivity contribution in [2.75, 3.05) is 26.0 Å². The molecule has 4 aromatic rings. The second-order valence-electron chi connectivity index (χ2n) is 10.9. The summed E-state index contributed by atoms with van der Waals surface area (Å²) in [5.41, 5.74) is 11.2. The third-order valence-corrected chi connectivity index (χ3v) is 6.59. The number of hydrogen-bond acceptors (Lipinski definition) is 7. The number of amides is 1. The molecule has 0 fully saturated rings. The molecular weight excluding hydrogens is 528 g/mol. The van der Waals surface area contributed by atoms with Crippen LogP contribution >= 0.6 is 0 Å². The minimum atomic E-state index is -0.700. The Morgan fingerprint density at radius 3 is 2.62 bits per heavy atom. The number of nitriles is 1. The van der Waals surface area contributed by atoms with E-state index in [0.29, 0.717) is 29.9 Å². The van der Waals surface area contributed by atoms with Crippen LogP contribution in [0.3, 0.4) is 0 Å². The van der Waals surface area contributed by atoms with Gasteiger partial charge in [0, 0.05) is 47.2 Å². The maximum atomic E-state index is 12.5. The molecule has 0 bridgehead atoms. The van der Waals surface area contributed by atoms with Gasteiger partial charge in [-0.15, -0.1) is 0 Å². The predicted octanol–water partition coefficient (Wildman–Crippen LogP) is 5.17. The van der Waals surface area contributed by atoms with E-state index in [1.807, 2.05) is 87.6 Å². The number of nitrogens with one attached hydrogen (secondary N) is 1. The maximum absolute atomic E-state index is 12.5. The zero-order chi connectivity index (χ0) is 30.2. The number of rotatable bonds is 11. The Morgan fingerprint density at radius 2 is 1.88 bits per heavy atom. The molecule has 9 heteroatoms. The molecular formula is C33H36N6O3. The molecule has 4 rings (SSSR count). The fraction of sp³-hybridized carbons (Fsp3) is 0.273. The van der Waals surface area contributed by atoms with Gasteiger partial charge in [-0.2, -0.15) is 5.26 Å². The summed E-state index contributed by atoms with van der Waals surface area (Å²) in [5, 5.41) is 13.2. The highest BCUT2D eigenvalue weighted by atomic mass is 16.5. The number of pyridine rings is 1. The predicted molar refractivity (Wildman–Crippen MR) is 165 cm³/mol. The van der Waals surface area contributed by atoms with Crippen molar-refractivity contribution in [3.63, 3.8) is 0 Å². The monoisotopic (exact) mass is 564 g/mol. The summed E-state index contributed by atoms with van der Waals surface area (Å²) in [6.45, 7) is 4.63. The molecule has 0 saturated heterocycles. The Balaban J connectivity index is 1.68. The van der Waals surface area contributed by atoms with E-state index in [4.69, 9.17) is 15.5 Å². The highest BCUT2D eigenvalue weighted by Crippen LogP contribution is 2.34. The summed E-state index contributed by atoms with van der Waals surface area (Å²) in [7, 11) is 3.87. The van der Waals surface area contributed by atoms with Gasteiger partial charge in [0.2, 0.25) is 5.91 Å². The van der Waals surface area contributed by atoms with Crippen molar-refractivity contribution in [1.82, 2.24) is 14.5 Å². The van der Waals surface area contributed by atoms with Crippen LogP contribution in [0.5, 0.6) is 0 Å². The molecule has 0 aliphatic rings. The molecule has 2 aromatic carbocycles. The highest BCUT2D eigenvalue weighted by molar-refractivity contribution is 6.00. The number of nitrogens with zero attached hydrogens (tertiary/aromatic N) is 4. The smallest absolute Gasteiger partial charge is 0.324 e. The van der Waals surface area contributed by atoms with Gasteiger partial charge in [-0.05, 0) is 67.9 Å². The molecule has 216 valence electrons. The number of anilines is 1. The Hall–Kier alpha value is -4.78. The number of esters is 1. The Bertz CT molecular complexity index is 1650. The highest BCUT2D eigenvalue weighted by Gasteiger charge is 2.19. The molecule has 9 nitrogen and oxygen atoms in total. The van der Waals surface area contributed by atoms with E-state index in [9.17, 15) is 14.9 Å². The van der Waals surface area contributed by atoms with Crippen LogP contribution in [0.15, 0.2) is 79.1 Å². The first-order chi connectivity index (χ1) is 20.1. The molecule has 3 N–H and O–H groups in total. The summed E-state index contributed by atoms with van der Waals surface area (Å²) >= 11 is 0. The van der Waals surface area contributed by atoms with E-state index in [-0.39, 0.29) is 18.6 Å². The SMILES string of the molecule is CC(C)CC(N)C(=O)OCn1cc(-c2cccc(C#N)c2)c2cc(-c3cccc(NC(=O)/C=C/CN(C)C)c3)cnc21. The lowest BCUT2D eigenvalue weighted by molar-refractivity contribution is -0.149. The Kier molecular flexibility index (Phi) is 9.86. The van der Waals surface area contributed by atoms with Crippen LogP contribution in [-0.2, 0) is 21.1 Å². The van der Waals surface area contributed by atoms with Crippen molar-refractivity contribution < 1.29 is 14.3 Å². The van der Waals surface area contributed by atoms with Crippen LogP contribution in [0.25, 0.3) is 33.3 Å². The number of carbonyl (C=O) groups excluding carboxylic acids is 2. The van der Waals surface area contributed by atoms with Crippen molar-refractivity contribution in [3.8, 4) is 28.3 Å². The quantitative estimate of drug-likeness (QED) is 0.190. The molecule has 0 saturated carbocycles. The molecule has 0 aliphatic heterocycles. The van der Waals surface area contributed by atoms with Gasteiger partial charge in [-0.25, -0.2) is 4.98 Å². The zero-order valence-corrected chi connectivity index (χ0v) is 24.4.